The van der Waals surface area contributed by atoms with Crippen LogP contribution in [0.5, 0.6) is 5.75 Å². The molecule has 0 saturated carbocycles. The first-order valence-corrected chi connectivity index (χ1v) is 8.09. The zero-order valence-corrected chi connectivity index (χ0v) is 13.8. The minimum atomic E-state index is -0.466. The third kappa shape index (κ3) is 5.91. The molecule has 0 bridgehead atoms. The summed E-state index contributed by atoms with van der Waals surface area (Å²) >= 11 is 0. The molecule has 1 heterocycles. The number of amides is 3. The Morgan fingerprint density at radius 3 is 2.75 bits per heavy atom. The van der Waals surface area contributed by atoms with Crippen LogP contribution in [0.1, 0.15) is 31.2 Å². The van der Waals surface area contributed by atoms with Gasteiger partial charge in [0.1, 0.15) is 12.3 Å². The number of likely N-dealkylation sites (tertiary alicyclic amines) is 1. The number of hydrazine groups is 1. The van der Waals surface area contributed by atoms with Gasteiger partial charge in [0.25, 0.3) is 11.8 Å². The number of aryl methyl sites for hydroxylation is 1. The summed E-state index contributed by atoms with van der Waals surface area (Å²) in [6.45, 7) is 2.26. The van der Waals surface area contributed by atoms with Gasteiger partial charge in [-0.15, -0.1) is 0 Å². The molecule has 2 N–H and O–H groups in total. The Morgan fingerprint density at radius 2 is 1.96 bits per heavy atom. The van der Waals surface area contributed by atoms with Gasteiger partial charge in [0.15, 0.2) is 6.61 Å². The van der Waals surface area contributed by atoms with Crippen LogP contribution in [0.15, 0.2) is 24.3 Å². The van der Waals surface area contributed by atoms with Crippen molar-refractivity contribution in [2.24, 2.45) is 0 Å². The van der Waals surface area contributed by atoms with Gasteiger partial charge in [0.05, 0.1) is 0 Å². The summed E-state index contributed by atoms with van der Waals surface area (Å²) in [6, 6.07) is 7.33. The minimum absolute atomic E-state index is 0.0169. The van der Waals surface area contributed by atoms with Crippen LogP contribution in [0, 0.1) is 6.92 Å². The van der Waals surface area contributed by atoms with Crippen molar-refractivity contribution in [2.75, 3.05) is 19.7 Å². The Morgan fingerprint density at radius 1 is 1.17 bits per heavy atom. The molecule has 1 fully saturated rings. The molecule has 0 unspecified atom stereocenters. The van der Waals surface area contributed by atoms with Crippen LogP contribution < -0.4 is 15.6 Å². The molecule has 0 radical (unpaired) electrons. The number of hydrogen-bond donors (Lipinski definition) is 2. The van der Waals surface area contributed by atoms with Gasteiger partial charge in [0.2, 0.25) is 5.91 Å². The molecule has 0 spiro atoms. The zero-order valence-electron chi connectivity index (χ0n) is 13.8. The van der Waals surface area contributed by atoms with Crippen molar-refractivity contribution >= 4 is 17.7 Å². The molecule has 1 saturated heterocycles. The topological polar surface area (TPSA) is 87.7 Å². The van der Waals surface area contributed by atoms with Gasteiger partial charge >= 0.3 is 0 Å². The maximum Gasteiger partial charge on any atom is 0.276 e. The molecular formula is C17H23N3O4. The van der Waals surface area contributed by atoms with Crippen molar-refractivity contribution < 1.29 is 19.1 Å². The van der Waals surface area contributed by atoms with Crippen molar-refractivity contribution in [2.45, 2.75) is 32.6 Å². The van der Waals surface area contributed by atoms with Gasteiger partial charge in [-0.25, -0.2) is 0 Å². The van der Waals surface area contributed by atoms with E-state index in [-0.39, 0.29) is 19.1 Å². The normalized spacial score (nSPS) is 14.7. The smallest absolute Gasteiger partial charge is 0.276 e. The molecule has 1 aromatic carbocycles. The fraction of sp³-hybridized carbons (Fsp3) is 0.471. The fourth-order valence-corrected chi connectivity index (χ4v) is 2.45. The number of carbonyl (C=O) groups is 3. The minimum Gasteiger partial charge on any atom is -0.484 e. The molecule has 130 valence electrons. The van der Waals surface area contributed by atoms with Crippen molar-refractivity contribution in [3.63, 3.8) is 0 Å². The molecule has 1 aliphatic heterocycles. The summed E-state index contributed by atoms with van der Waals surface area (Å²) in [6.07, 6.45) is 3.24. The lowest BCUT2D eigenvalue weighted by atomic mass is 10.2. The van der Waals surface area contributed by atoms with E-state index in [4.69, 9.17) is 4.74 Å². The Balaban J connectivity index is 1.69. The SMILES string of the molecule is Cc1cccc(OCC(=O)NNC(=O)CN2CCCCCC2=O)c1. The van der Waals surface area contributed by atoms with Crippen molar-refractivity contribution in [1.29, 1.82) is 0 Å². The highest BCUT2D eigenvalue weighted by Crippen LogP contribution is 2.12. The van der Waals surface area contributed by atoms with E-state index in [2.05, 4.69) is 10.9 Å². The van der Waals surface area contributed by atoms with Gasteiger partial charge in [-0.2, -0.15) is 0 Å². The Kier molecular flexibility index (Phi) is 6.60. The molecule has 3 amide bonds. The number of nitrogens with one attached hydrogen (secondary N) is 2. The highest BCUT2D eigenvalue weighted by atomic mass is 16.5. The summed E-state index contributed by atoms with van der Waals surface area (Å²) in [4.78, 5) is 36.9. The lowest BCUT2D eigenvalue weighted by molar-refractivity contribution is -0.136. The third-order valence-corrected chi connectivity index (χ3v) is 3.71. The van der Waals surface area contributed by atoms with Gasteiger partial charge in [-0.05, 0) is 37.5 Å². The average molecular weight is 333 g/mol. The third-order valence-electron chi connectivity index (χ3n) is 3.71. The van der Waals surface area contributed by atoms with E-state index in [1.54, 1.807) is 6.07 Å². The number of ether oxygens (including phenoxy) is 1. The Hall–Kier alpha value is -2.57. The first-order chi connectivity index (χ1) is 11.5. The fourth-order valence-electron chi connectivity index (χ4n) is 2.45. The number of nitrogens with zero attached hydrogens (tertiary/aromatic N) is 1. The van der Waals surface area contributed by atoms with E-state index in [0.29, 0.717) is 18.7 Å². The summed E-state index contributed by atoms with van der Waals surface area (Å²) < 4.78 is 5.34. The van der Waals surface area contributed by atoms with E-state index in [0.717, 1.165) is 24.8 Å². The van der Waals surface area contributed by atoms with E-state index >= 15 is 0 Å². The summed E-state index contributed by atoms with van der Waals surface area (Å²) in [5.41, 5.74) is 5.62. The molecule has 24 heavy (non-hydrogen) atoms. The quantitative estimate of drug-likeness (QED) is 0.785. The molecule has 0 aliphatic carbocycles. The molecule has 0 aromatic heterocycles. The summed E-state index contributed by atoms with van der Waals surface area (Å²) in [7, 11) is 0. The molecular weight excluding hydrogens is 310 g/mol. The monoisotopic (exact) mass is 333 g/mol. The number of hydrogen-bond acceptors (Lipinski definition) is 4. The second-order valence-electron chi connectivity index (χ2n) is 5.83. The van der Waals surface area contributed by atoms with Crippen molar-refractivity contribution in [3.05, 3.63) is 29.8 Å². The first kappa shape index (κ1) is 17.8. The lowest BCUT2D eigenvalue weighted by Crippen LogP contribution is -2.48. The molecule has 7 heteroatoms. The largest absolute Gasteiger partial charge is 0.484 e. The lowest BCUT2D eigenvalue weighted by Gasteiger charge is -2.19. The molecule has 7 nitrogen and oxygen atoms in total. The van der Waals surface area contributed by atoms with Crippen LogP contribution >= 0.6 is 0 Å². The molecule has 1 aliphatic rings. The zero-order chi connectivity index (χ0) is 17.4. The highest BCUT2D eigenvalue weighted by molar-refractivity contribution is 5.87. The van der Waals surface area contributed by atoms with Crippen LogP contribution in [-0.4, -0.2) is 42.3 Å². The van der Waals surface area contributed by atoms with Gasteiger partial charge in [-0.3, -0.25) is 25.2 Å². The maximum absolute atomic E-state index is 11.8. The number of rotatable bonds is 5. The van der Waals surface area contributed by atoms with Crippen LogP contribution in [-0.2, 0) is 14.4 Å². The first-order valence-electron chi connectivity index (χ1n) is 8.09. The second-order valence-corrected chi connectivity index (χ2v) is 5.83. The standard InChI is InChI=1S/C17H23N3O4/c1-13-6-5-7-14(10-13)24-12-16(22)19-18-15(21)11-20-9-4-2-3-8-17(20)23/h5-7,10H,2-4,8-9,11-12H2,1H3,(H,18,21)(H,19,22). The van der Waals surface area contributed by atoms with E-state index < -0.39 is 11.8 Å². The molecule has 0 atom stereocenters. The van der Waals surface area contributed by atoms with Gasteiger partial charge in [0, 0.05) is 13.0 Å². The molecule has 2 rings (SSSR count). The van der Waals surface area contributed by atoms with E-state index in [9.17, 15) is 14.4 Å². The summed E-state index contributed by atoms with van der Waals surface area (Å²) in [5.74, 6) is -0.315. The number of carbonyl (C=O) groups excluding carboxylic acids is 3. The number of benzene rings is 1. The van der Waals surface area contributed by atoms with Crippen molar-refractivity contribution in [3.8, 4) is 5.75 Å². The average Bonchev–Trinajstić information content (AvgIpc) is 2.76. The predicted molar refractivity (Wildman–Crippen MR) is 88.0 cm³/mol. The predicted octanol–water partition coefficient (Wildman–Crippen LogP) is 0.924. The van der Waals surface area contributed by atoms with Gasteiger partial charge < -0.3 is 9.64 Å². The Labute approximate surface area is 141 Å². The highest BCUT2D eigenvalue weighted by Gasteiger charge is 2.19. The van der Waals surface area contributed by atoms with Crippen LogP contribution in [0.3, 0.4) is 0 Å². The maximum atomic E-state index is 11.8. The van der Waals surface area contributed by atoms with E-state index in [1.165, 1.54) is 4.90 Å². The molecule has 1 aromatic rings. The Bertz CT molecular complexity index is 603. The second kappa shape index (κ2) is 8.90. The van der Waals surface area contributed by atoms with Crippen molar-refractivity contribution in [1.82, 2.24) is 15.8 Å². The van der Waals surface area contributed by atoms with Crippen LogP contribution in [0.25, 0.3) is 0 Å². The van der Waals surface area contributed by atoms with E-state index in [1.807, 2.05) is 25.1 Å². The summed E-state index contributed by atoms with van der Waals surface area (Å²) in [5, 5.41) is 0. The van der Waals surface area contributed by atoms with Crippen LogP contribution in [0.4, 0.5) is 0 Å². The van der Waals surface area contributed by atoms with Gasteiger partial charge in [-0.1, -0.05) is 18.6 Å². The van der Waals surface area contributed by atoms with Crippen LogP contribution in [0.2, 0.25) is 0 Å².